The van der Waals surface area contributed by atoms with Crippen LogP contribution in [0.4, 0.5) is 0 Å². The summed E-state index contributed by atoms with van der Waals surface area (Å²) in [5.41, 5.74) is 2.47. The predicted molar refractivity (Wildman–Crippen MR) is 109 cm³/mol. The van der Waals surface area contributed by atoms with E-state index in [0.29, 0.717) is 29.6 Å². The first-order chi connectivity index (χ1) is 14.4. The second kappa shape index (κ2) is 9.69. The molecule has 0 spiro atoms. The molecule has 2 aromatic carbocycles. The minimum Gasteiger partial charge on any atom is -0.457 e. The lowest BCUT2D eigenvalue weighted by atomic mass is 10.1. The molecule has 0 aliphatic rings. The van der Waals surface area contributed by atoms with Crippen molar-refractivity contribution in [2.45, 2.75) is 26.3 Å². The number of fused-ring (bicyclic) bond motifs is 1. The van der Waals surface area contributed by atoms with E-state index in [1.807, 2.05) is 0 Å². The maximum atomic E-state index is 12.2. The number of Topliss-reactive ketones (excluding diaryl/α,β-unsaturated/α-hetero) is 1. The summed E-state index contributed by atoms with van der Waals surface area (Å²) in [6.07, 6.45) is 0.601. The molecule has 3 rings (SSSR count). The second-order valence-electron chi connectivity index (χ2n) is 6.75. The standard InChI is InChI=1S/C22H22N2O6/c1-15(25)23-12-10-16-6-8-17(9-7-16)19(26)14-29-21(27)11-13-24-18-4-2-3-5-20(18)30-22(24)28/h2-9H,10-14H2,1H3,(H,23,25). The van der Waals surface area contributed by atoms with Gasteiger partial charge in [-0.3, -0.25) is 19.0 Å². The first-order valence-electron chi connectivity index (χ1n) is 9.54. The first-order valence-corrected chi connectivity index (χ1v) is 9.54. The number of hydrogen-bond donors (Lipinski definition) is 1. The molecule has 0 aliphatic carbocycles. The lowest BCUT2D eigenvalue weighted by Crippen LogP contribution is -2.22. The summed E-state index contributed by atoms with van der Waals surface area (Å²) < 4.78 is 11.5. The van der Waals surface area contributed by atoms with Crippen LogP contribution in [0.15, 0.2) is 57.7 Å². The highest BCUT2D eigenvalue weighted by Crippen LogP contribution is 2.12. The molecule has 0 bridgehead atoms. The van der Waals surface area contributed by atoms with Crippen molar-refractivity contribution in [1.29, 1.82) is 0 Å². The number of ether oxygens (including phenoxy) is 1. The van der Waals surface area contributed by atoms with Gasteiger partial charge >= 0.3 is 11.7 Å². The summed E-state index contributed by atoms with van der Waals surface area (Å²) in [4.78, 5) is 47.0. The lowest BCUT2D eigenvalue weighted by Gasteiger charge is -2.06. The molecule has 0 fully saturated rings. The third-order valence-corrected chi connectivity index (χ3v) is 4.54. The monoisotopic (exact) mass is 410 g/mol. The van der Waals surface area contributed by atoms with E-state index < -0.39 is 11.7 Å². The molecule has 0 aliphatic heterocycles. The smallest absolute Gasteiger partial charge is 0.419 e. The Bertz CT molecular complexity index is 1110. The van der Waals surface area contributed by atoms with Crippen LogP contribution in [0.2, 0.25) is 0 Å². The van der Waals surface area contributed by atoms with E-state index >= 15 is 0 Å². The third kappa shape index (κ3) is 5.44. The van der Waals surface area contributed by atoms with Crippen molar-refractivity contribution in [2.75, 3.05) is 13.2 Å². The number of amides is 1. The number of oxazole rings is 1. The Morgan fingerprint density at radius 3 is 2.53 bits per heavy atom. The molecule has 0 radical (unpaired) electrons. The van der Waals surface area contributed by atoms with Crippen LogP contribution >= 0.6 is 0 Å². The van der Waals surface area contributed by atoms with Crippen LogP contribution in [0.3, 0.4) is 0 Å². The number of carbonyl (C=O) groups is 3. The largest absolute Gasteiger partial charge is 0.457 e. The topological polar surface area (TPSA) is 108 Å². The van der Waals surface area contributed by atoms with E-state index in [1.165, 1.54) is 11.5 Å². The minimum atomic E-state index is -0.576. The number of benzene rings is 2. The molecule has 0 atom stereocenters. The van der Waals surface area contributed by atoms with Crippen molar-refractivity contribution < 1.29 is 23.5 Å². The van der Waals surface area contributed by atoms with Gasteiger partial charge in [-0.25, -0.2) is 4.79 Å². The van der Waals surface area contributed by atoms with Gasteiger partial charge in [0.25, 0.3) is 0 Å². The number of aromatic nitrogens is 1. The molecule has 0 saturated carbocycles. The number of aryl methyl sites for hydroxylation is 1. The van der Waals surface area contributed by atoms with Crippen LogP contribution in [0.1, 0.15) is 29.3 Å². The Kier molecular flexibility index (Phi) is 6.79. The quantitative estimate of drug-likeness (QED) is 0.428. The Morgan fingerprint density at radius 2 is 1.80 bits per heavy atom. The number of esters is 1. The zero-order valence-electron chi connectivity index (χ0n) is 16.6. The van der Waals surface area contributed by atoms with Crippen molar-refractivity contribution in [3.05, 3.63) is 70.2 Å². The molecule has 8 heteroatoms. The summed E-state index contributed by atoms with van der Waals surface area (Å²) in [6, 6.07) is 13.9. The van der Waals surface area contributed by atoms with Crippen LogP contribution in [0, 0.1) is 0 Å². The molecule has 30 heavy (non-hydrogen) atoms. The van der Waals surface area contributed by atoms with Gasteiger partial charge < -0.3 is 14.5 Å². The van der Waals surface area contributed by atoms with Gasteiger partial charge in [-0.2, -0.15) is 0 Å². The summed E-state index contributed by atoms with van der Waals surface area (Å²) >= 11 is 0. The van der Waals surface area contributed by atoms with E-state index in [1.54, 1.807) is 48.5 Å². The predicted octanol–water partition coefficient (Wildman–Crippen LogP) is 2.09. The van der Waals surface area contributed by atoms with E-state index in [0.717, 1.165) is 5.56 Å². The van der Waals surface area contributed by atoms with Gasteiger partial charge in [0.15, 0.2) is 18.0 Å². The Morgan fingerprint density at radius 1 is 1.07 bits per heavy atom. The third-order valence-electron chi connectivity index (χ3n) is 4.54. The molecule has 1 N–H and O–H groups in total. The number of para-hydroxylation sites is 2. The van der Waals surface area contributed by atoms with Crippen LogP contribution < -0.4 is 11.1 Å². The molecular formula is C22H22N2O6. The van der Waals surface area contributed by atoms with Crippen LogP contribution in [-0.2, 0) is 27.3 Å². The zero-order chi connectivity index (χ0) is 21.5. The first kappa shape index (κ1) is 21.0. The van der Waals surface area contributed by atoms with E-state index in [9.17, 15) is 19.2 Å². The normalized spacial score (nSPS) is 10.7. The van der Waals surface area contributed by atoms with Crippen molar-refractivity contribution in [2.24, 2.45) is 0 Å². The number of carbonyl (C=O) groups excluding carboxylic acids is 3. The zero-order valence-corrected chi connectivity index (χ0v) is 16.6. The lowest BCUT2D eigenvalue weighted by molar-refractivity contribution is -0.142. The average molecular weight is 410 g/mol. The van der Waals surface area contributed by atoms with Gasteiger partial charge in [-0.1, -0.05) is 36.4 Å². The highest BCUT2D eigenvalue weighted by Gasteiger charge is 2.13. The molecule has 0 saturated heterocycles. The fourth-order valence-electron chi connectivity index (χ4n) is 2.97. The maximum Gasteiger partial charge on any atom is 0.419 e. The molecule has 156 valence electrons. The van der Waals surface area contributed by atoms with Crippen LogP contribution in [-0.4, -0.2) is 35.4 Å². The van der Waals surface area contributed by atoms with E-state index in [2.05, 4.69) is 5.32 Å². The minimum absolute atomic E-state index is 0.0567. The molecule has 3 aromatic rings. The highest BCUT2D eigenvalue weighted by molar-refractivity contribution is 5.97. The van der Waals surface area contributed by atoms with Crippen molar-refractivity contribution in [3.8, 4) is 0 Å². The van der Waals surface area contributed by atoms with Crippen LogP contribution in [0.5, 0.6) is 0 Å². The molecule has 1 heterocycles. The van der Waals surface area contributed by atoms with Crippen LogP contribution in [0.25, 0.3) is 11.1 Å². The summed E-state index contributed by atoms with van der Waals surface area (Å²) in [5, 5.41) is 2.71. The van der Waals surface area contributed by atoms with E-state index in [-0.39, 0.29) is 31.3 Å². The van der Waals surface area contributed by atoms with Gasteiger partial charge in [0.2, 0.25) is 5.91 Å². The van der Waals surface area contributed by atoms with E-state index in [4.69, 9.17) is 9.15 Å². The fourth-order valence-corrected chi connectivity index (χ4v) is 2.97. The number of hydrogen-bond acceptors (Lipinski definition) is 6. The molecule has 0 unspecified atom stereocenters. The Labute approximate surface area is 172 Å². The summed E-state index contributed by atoms with van der Waals surface area (Å²) in [7, 11) is 0. The van der Waals surface area contributed by atoms with Gasteiger partial charge in [0.05, 0.1) is 11.9 Å². The number of ketones is 1. The second-order valence-corrected chi connectivity index (χ2v) is 6.75. The number of nitrogens with one attached hydrogen (secondary N) is 1. The number of nitrogens with zero attached hydrogens (tertiary/aromatic N) is 1. The molecule has 8 nitrogen and oxygen atoms in total. The Balaban J connectivity index is 1.47. The maximum absolute atomic E-state index is 12.2. The summed E-state index contributed by atoms with van der Waals surface area (Å²) in [6.45, 7) is 1.71. The molecular weight excluding hydrogens is 388 g/mol. The van der Waals surface area contributed by atoms with Crippen molar-refractivity contribution >= 4 is 28.8 Å². The average Bonchev–Trinajstić information content (AvgIpc) is 3.05. The SMILES string of the molecule is CC(=O)NCCc1ccc(C(=O)COC(=O)CCn2c(=O)oc3ccccc32)cc1. The highest BCUT2D eigenvalue weighted by atomic mass is 16.5. The molecule has 1 amide bonds. The molecule has 1 aromatic heterocycles. The van der Waals surface area contributed by atoms with Crippen molar-refractivity contribution in [3.63, 3.8) is 0 Å². The van der Waals surface area contributed by atoms with Gasteiger partial charge in [-0.15, -0.1) is 0 Å². The van der Waals surface area contributed by atoms with Crippen molar-refractivity contribution in [1.82, 2.24) is 9.88 Å². The number of rotatable bonds is 9. The fraction of sp³-hybridized carbons (Fsp3) is 0.273. The Hall–Kier alpha value is -3.68. The van der Waals surface area contributed by atoms with Gasteiger partial charge in [0.1, 0.15) is 0 Å². The summed E-state index contributed by atoms with van der Waals surface area (Å²) in [5.74, 6) is -1.52. The van der Waals surface area contributed by atoms with Gasteiger partial charge in [-0.05, 0) is 24.1 Å². The van der Waals surface area contributed by atoms with Gasteiger partial charge in [0, 0.05) is 25.6 Å².